The lowest BCUT2D eigenvalue weighted by molar-refractivity contribution is 0.0535. The molecule has 1 aromatic carbocycles. The van der Waals surface area contributed by atoms with Crippen molar-refractivity contribution in [1.29, 1.82) is 0 Å². The van der Waals surface area contributed by atoms with Crippen molar-refractivity contribution in [2.75, 3.05) is 0 Å². The lowest BCUT2D eigenvalue weighted by Crippen LogP contribution is -2.27. The summed E-state index contributed by atoms with van der Waals surface area (Å²) in [5, 5.41) is 15.1. The van der Waals surface area contributed by atoms with Crippen LogP contribution >= 0.6 is 0 Å². The van der Waals surface area contributed by atoms with E-state index in [1.165, 1.54) is 0 Å². The van der Waals surface area contributed by atoms with Crippen molar-refractivity contribution < 1.29 is 5.11 Å². The summed E-state index contributed by atoms with van der Waals surface area (Å²) in [5.74, 6) is 0.831. The fourth-order valence-corrected chi connectivity index (χ4v) is 2.54. The van der Waals surface area contributed by atoms with E-state index in [1.54, 1.807) is 6.33 Å². The maximum atomic E-state index is 10.9. The smallest absolute Gasteiger partial charge is 0.138 e. The summed E-state index contributed by atoms with van der Waals surface area (Å²) in [6.45, 7) is 8.85. The lowest BCUT2D eigenvalue weighted by Gasteiger charge is -2.26. The molecule has 1 aromatic heterocycles. The first-order valence-electron chi connectivity index (χ1n) is 7.11. The Balaban J connectivity index is 2.30. The Morgan fingerprint density at radius 3 is 2.75 bits per heavy atom. The molecule has 2 aromatic rings. The van der Waals surface area contributed by atoms with E-state index >= 15 is 0 Å². The zero-order valence-electron chi connectivity index (χ0n) is 12.7. The first-order chi connectivity index (χ1) is 9.44. The Bertz CT molecular complexity index is 587. The SMILES string of the molecule is CCCn1ncnc1CC(C)(O)c1cc(C)ccc1C. The topological polar surface area (TPSA) is 50.9 Å². The van der Waals surface area contributed by atoms with Crippen LogP contribution in [-0.2, 0) is 18.6 Å². The number of aryl methyl sites for hydroxylation is 3. The van der Waals surface area contributed by atoms with E-state index in [9.17, 15) is 5.11 Å². The van der Waals surface area contributed by atoms with E-state index in [1.807, 2.05) is 25.5 Å². The van der Waals surface area contributed by atoms with E-state index < -0.39 is 5.60 Å². The predicted octanol–water partition coefficient (Wildman–Crippen LogP) is 2.76. The van der Waals surface area contributed by atoms with Gasteiger partial charge in [0.2, 0.25) is 0 Å². The van der Waals surface area contributed by atoms with E-state index in [-0.39, 0.29) is 0 Å². The van der Waals surface area contributed by atoms with Crippen molar-refractivity contribution in [1.82, 2.24) is 14.8 Å². The van der Waals surface area contributed by atoms with Crippen LogP contribution in [0.25, 0.3) is 0 Å². The van der Waals surface area contributed by atoms with Gasteiger partial charge in [0, 0.05) is 13.0 Å². The molecule has 4 nitrogen and oxygen atoms in total. The quantitative estimate of drug-likeness (QED) is 0.911. The third-order valence-electron chi connectivity index (χ3n) is 3.61. The van der Waals surface area contributed by atoms with Crippen molar-refractivity contribution in [2.24, 2.45) is 0 Å². The molecule has 0 bridgehead atoms. The Labute approximate surface area is 120 Å². The third-order valence-corrected chi connectivity index (χ3v) is 3.61. The van der Waals surface area contributed by atoms with Crippen molar-refractivity contribution >= 4 is 0 Å². The van der Waals surface area contributed by atoms with Gasteiger partial charge < -0.3 is 5.11 Å². The maximum Gasteiger partial charge on any atom is 0.138 e. The number of hydrogen-bond acceptors (Lipinski definition) is 3. The molecule has 1 unspecified atom stereocenters. The number of aliphatic hydroxyl groups is 1. The monoisotopic (exact) mass is 273 g/mol. The van der Waals surface area contributed by atoms with Gasteiger partial charge in [-0.3, -0.25) is 0 Å². The number of hydrogen-bond donors (Lipinski definition) is 1. The number of aromatic nitrogens is 3. The van der Waals surface area contributed by atoms with Crippen molar-refractivity contribution in [3.8, 4) is 0 Å². The zero-order valence-corrected chi connectivity index (χ0v) is 12.7. The van der Waals surface area contributed by atoms with Crippen LogP contribution in [0.15, 0.2) is 24.5 Å². The zero-order chi connectivity index (χ0) is 14.8. The Morgan fingerprint density at radius 1 is 1.30 bits per heavy atom. The van der Waals surface area contributed by atoms with E-state index in [0.717, 1.165) is 35.5 Å². The second-order valence-corrected chi connectivity index (χ2v) is 5.67. The largest absolute Gasteiger partial charge is 0.385 e. The molecule has 0 amide bonds. The van der Waals surface area contributed by atoms with Gasteiger partial charge in [0.05, 0.1) is 5.60 Å². The molecule has 0 saturated carbocycles. The molecule has 1 atom stereocenters. The van der Waals surface area contributed by atoms with Gasteiger partial charge in [-0.2, -0.15) is 5.10 Å². The number of benzene rings is 1. The summed E-state index contributed by atoms with van der Waals surface area (Å²) in [4.78, 5) is 4.29. The van der Waals surface area contributed by atoms with Crippen LogP contribution in [0.1, 0.15) is 42.8 Å². The number of nitrogens with zero attached hydrogens (tertiary/aromatic N) is 3. The highest BCUT2D eigenvalue weighted by atomic mass is 16.3. The minimum Gasteiger partial charge on any atom is -0.385 e. The molecule has 0 aliphatic rings. The van der Waals surface area contributed by atoms with Gasteiger partial charge in [-0.25, -0.2) is 9.67 Å². The van der Waals surface area contributed by atoms with E-state index in [4.69, 9.17) is 0 Å². The van der Waals surface area contributed by atoms with Crippen LogP contribution in [0.3, 0.4) is 0 Å². The van der Waals surface area contributed by atoms with E-state index in [2.05, 4.69) is 35.2 Å². The normalized spacial score (nSPS) is 14.2. The van der Waals surface area contributed by atoms with Crippen LogP contribution in [-0.4, -0.2) is 19.9 Å². The van der Waals surface area contributed by atoms with Crippen LogP contribution in [0, 0.1) is 13.8 Å². The maximum absolute atomic E-state index is 10.9. The van der Waals surface area contributed by atoms with E-state index in [0.29, 0.717) is 6.42 Å². The molecule has 0 fully saturated rings. The lowest BCUT2D eigenvalue weighted by atomic mass is 9.88. The van der Waals surface area contributed by atoms with Crippen molar-refractivity contribution in [3.63, 3.8) is 0 Å². The molecule has 2 rings (SSSR count). The predicted molar refractivity (Wildman–Crippen MR) is 79.5 cm³/mol. The molecule has 4 heteroatoms. The minimum atomic E-state index is -0.936. The second kappa shape index (κ2) is 5.75. The molecule has 0 aliphatic heterocycles. The second-order valence-electron chi connectivity index (χ2n) is 5.67. The summed E-state index contributed by atoms with van der Waals surface area (Å²) in [6.07, 6.45) is 3.03. The molecule has 0 saturated heterocycles. The average molecular weight is 273 g/mol. The first kappa shape index (κ1) is 14.7. The highest BCUT2D eigenvalue weighted by Crippen LogP contribution is 2.28. The molecule has 1 N–H and O–H groups in total. The Morgan fingerprint density at radius 2 is 2.05 bits per heavy atom. The van der Waals surface area contributed by atoms with Crippen LogP contribution < -0.4 is 0 Å². The van der Waals surface area contributed by atoms with Gasteiger partial charge >= 0.3 is 0 Å². The average Bonchev–Trinajstić information content (AvgIpc) is 2.79. The van der Waals surface area contributed by atoms with Gasteiger partial charge in [-0.1, -0.05) is 30.7 Å². The molecule has 0 radical (unpaired) electrons. The summed E-state index contributed by atoms with van der Waals surface area (Å²) < 4.78 is 1.87. The minimum absolute atomic E-state index is 0.470. The van der Waals surface area contributed by atoms with Crippen LogP contribution in [0.4, 0.5) is 0 Å². The summed E-state index contributed by atoms with van der Waals surface area (Å²) >= 11 is 0. The van der Waals surface area contributed by atoms with Gasteiger partial charge in [0.1, 0.15) is 12.2 Å². The van der Waals surface area contributed by atoms with Crippen LogP contribution in [0.5, 0.6) is 0 Å². The van der Waals surface area contributed by atoms with Gasteiger partial charge in [0.25, 0.3) is 0 Å². The molecule has 20 heavy (non-hydrogen) atoms. The fraction of sp³-hybridized carbons (Fsp3) is 0.500. The fourth-order valence-electron chi connectivity index (χ4n) is 2.54. The highest BCUT2D eigenvalue weighted by Gasteiger charge is 2.27. The standard InChI is InChI=1S/C16H23N3O/c1-5-8-19-15(17-11-18-19)10-16(4,20)14-9-12(2)6-7-13(14)3/h6-7,9,11,20H,5,8,10H2,1-4H3. The molecule has 108 valence electrons. The van der Waals surface area contributed by atoms with Gasteiger partial charge in [-0.15, -0.1) is 0 Å². The Hall–Kier alpha value is -1.68. The van der Waals surface area contributed by atoms with Crippen molar-refractivity contribution in [3.05, 3.63) is 47.0 Å². The summed E-state index contributed by atoms with van der Waals surface area (Å²) in [5.41, 5.74) is 2.28. The first-order valence-corrected chi connectivity index (χ1v) is 7.11. The third kappa shape index (κ3) is 3.07. The van der Waals surface area contributed by atoms with Crippen molar-refractivity contribution in [2.45, 2.75) is 52.7 Å². The Kier molecular flexibility index (Phi) is 4.23. The molecule has 0 aliphatic carbocycles. The van der Waals surface area contributed by atoms with Gasteiger partial charge in [-0.05, 0) is 38.3 Å². The molecular formula is C16H23N3O. The van der Waals surface area contributed by atoms with Crippen LogP contribution in [0.2, 0.25) is 0 Å². The molecule has 0 spiro atoms. The molecular weight excluding hydrogens is 250 g/mol. The molecule has 1 heterocycles. The summed E-state index contributed by atoms with van der Waals surface area (Å²) in [7, 11) is 0. The van der Waals surface area contributed by atoms with Gasteiger partial charge in [0.15, 0.2) is 0 Å². The highest BCUT2D eigenvalue weighted by molar-refractivity contribution is 5.35. The summed E-state index contributed by atoms with van der Waals surface area (Å²) in [6, 6.07) is 6.17. The number of rotatable bonds is 5.